The molecule has 0 saturated heterocycles. The van der Waals surface area contributed by atoms with Gasteiger partial charge in [-0.2, -0.15) is 5.26 Å². The summed E-state index contributed by atoms with van der Waals surface area (Å²) in [6.07, 6.45) is 4.27. The molecule has 0 atom stereocenters. The fourth-order valence-electron chi connectivity index (χ4n) is 1.70. The Kier molecular flexibility index (Phi) is 4.04. The minimum absolute atomic E-state index is 0.525. The van der Waals surface area contributed by atoms with Crippen LogP contribution in [0.2, 0.25) is 0 Å². The van der Waals surface area contributed by atoms with Crippen LogP contribution in [0, 0.1) is 18.3 Å². The summed E-state index contributed by atoms with van der Waals surface area (Å²) in [6, 6.07) is 5.73. The highest BCUT2D eigenvalue weighted by Crippen LogP contribution is 2.19. The molecule has 19 heavy (non-hydrogen) atoms. The summed E-state index contributed by atoms with van der Waals surface area (Å²) in [5.41, 5.74) is 2.12. The summed E-state index contributed by atoms with van der Waals surface area (Å²) in [4.78, 5) is 12.8. The van der Waals surface area contributed by atoms with E-state index in [1.807, 2.05) is 13.0 Å². The van der Waals surface area contributed by atoms with Crippen LogP contribution in [0.5, 0.6) is 0 Å². The molecule has 0 aliphatic heterocycles. The second kappa shape index (κ2) is 5.91. The summed E-state index contributed by atoms with van der Waals surface area (Å²) >= 11 is 0. The van der Waals surface area contributed by atoms with Gasteiger partial charge in [-0.15, -0.1) is 0 Å². The molecular weight excluding hydrogens is 238 g/mol. The number of aryl methyl sites for hydroxylation is 1. The second-order valence-corrected chi connectivity index (χ2v) is 4.19. The van der Waals surface area contributed by atoms with Crippen molar-refractivity contribution < 1.29 is 0 Å². The number of nitriles is 1. The van der Waals surface area contributed by atoms with Crippen molar-refractivity contribution in [2.24, 2.45) is 0 Å². The maximum atomic E-state index is 8.90. The van der Waals surface area contributed by atoms with Crippen LogP contribution in [0.1, 0.15) is 24.7 Å². The number of nitrogens with one attached hydrogen (secondary N) is 1. The van der Waals surface area contributed by atoms with Gasteiger partial charge in [-0.05, 0) is 19.4 Å². The molecule has 0 fully saturated rings. The van der Waals surface area contributed by atoms with Crippen LogP contribution >= 0.6 is 0 Å². The van der Waals surface area contributed by atoms with Gasteiger partial charge in [0.2, 0.25) is 0 Å². The highest BCUT2D eigenvalue weighted by Gasteiger charge is 2.05. The highest BCUT2D eigenvalue weighted by molar-refractivity contribution is 5.63. The van der Waals surface area contributed by atoms with E-state index >= 15 is 0 Å². The Labute approximate surface area is 112 Å². The minimum atomic E-state index is 0.525. The number of rotatable bonds is 4. The first-order chi connectivity index (χ1) is 9.22. The molecule has 0 bridgehead atoms. The van der Waals surface area contributed by atoms with Crippen molar-refractivity contribution in [1.82, 2.24) is 15.0 Å². The standard InChI is InChI=1S/C14H15N5/c1-3-4-17-14-6-13(18-10(2)19-14)12-5-11(7-15)8-16-9-12/h5-6,8-9H,3-4H2,1-2H3,(H,17,18,19). The second-order valence-electron chi connectivity index (χ2n) is 4.19. The van der Waals surface area contributed by atoms with Gasteiger partial charge >= 0.3 is 0 Å². The lowest BCUT2D eigenvalue weighted by Gasteiger charge is -2.07. The number of hydrogen-bond donors (Lipinski definition) is 1. The van der Waals surface area contributed by atoms with Crippen molar-refractivity contribution in [3.8, 4) is 17.3 Å². The topological polar surface area (TPSA) is 74.5 Å². The minimum Gasteiger partial charge on any atom is -0.370 e. The predicted molar refractivity (Wildman–Crippen MR) is 73.5 cm³/mol. The van der Waals surface area contributed by atoms with E-state index in [9.17, 15) is 0 Å². The summed E-state index contributed by atoms with van der Waals surface area (Å²) in [7, 11) is 0. The summed E-state index contributed by atoms with van der Waals surface area (Å²) in [5.74, 6) is 1.49. The van der Waals surface area contributed by atoms with Crippen molar-refractivity contribution in [2.45, 2.75) is 20.3 Å². The molecule has 0 saturated carbocycles. The van der Waals surface area contributed by atoms with Crippen molar-refractivity contribution >= 4 is 5.82 Å². The molecule has 5 nitrogen and oxygen atoms in total. The molecule has 96 valence electrons. The molecule has 0 aromatic carbocycles. The van der Waals surface area contributed by atoms with Crippen LogP contribution in [0.15, 0.2) is 24.5 Å². The number of pyridine rings is 1. The van der Waals surface area contributed by atoms with E-state index in [0.29, 0.717) is 11.4 Å². The SMILES string of the molecule is CCCNc1cc(-c2cncc(C#N)c2)nc(C)n1. The Morgan fingerprint density at radius 1 is 1.26 bits per heavy atom. The van der Waals surface area contributed by atoms with E-state index in [-0.39, 0.29) is 0 Å². The highest BCUT2D eigenvalue weighted by atomic mass is 15.0. The van der Waals surface area contributed by atoms with Crippen molar-refractivity contribution in [3.63, 3.8) is 0 Å². The largest absolute Gasteiger partial charge is 0.370 e. The monoisotopic (exact) mass is 253 g/mol. The number of aromatic nitrogens is 3. The fourth-order valence-corrected chi connectivity index (χ4v) is 1.70. The Hall–Kier alpha value is -2.48. The average Bonchev–Trinajstić information content (AvgIpc) is 2.44. The van der Waals surface area contributed by atoms with Crippen LogP contribution in [-0.2, 0) is 0 Å². The molecule has 0 amide bonds. The Morgan fingerprint density at radius 2 is 2.11 bits per heavy atom. The van der Waals surface area contributed by atoms with Gasteiger partial charge in [0, 0.05) is 30.6 Å². The third kappa shape index (κ3) is 3.26. The smallest absolute Gasteiger partial charge is 0.130 e. The molecule has 0 aliphatic rings. The van der Waals surface area contributed by atoms with Gasteiger partial charge in [0.1, 0.15) is 17.7 Å². The molecule has 0 unspecified atom stereocenters. The van der Waals surface area contributed by atoms with Gasteiger partial charge in [-0.3, -0.25) is 4.98 Å². The predicted octanol–water partition coefficient (Wildman–Crippen LogP) is 2.54. The quantitative estimate of drug-likeness (QED) is 0.906. The lowest BCUT2D eigenvalue weighted by Crippen LogP contribution is -2.04. The van der Waals surface area contributed by atoms with Gasteiger partial charge < -0.3 is 5.32 Å². The van der Waals surface area contributed by atoms with Crippen LogP contribution in [-0.4, -0.2) is 21.5 Å². The molecule has 1 N–H and O–H groups in total. The maximum Gasteiger partial charge on any atom is 0.130 e. The van der Waals surface area contributed by atoms with Crippen LogP contribution in [0.4, 0.5) is 5.82 Å². The third-order valence-corrected chi connectivity index (χ3v) is 2.56. The van der Waals surface area contributed by atoms with E-state index in [1.165, 1.54) is 6.20 Å². The normalized spacial score (nSPS) is 9.95. The Bertz CT molecular complexity index is 615. The van der Waals surface area contributed by atoms with E-state index in [0.717, 1.165) is 30.0 Å². The van der Waals surface area contributed by atoms with Crippen molar-refractivity contribution in [3.05, 3.63) is 35.9 Å². The zero-order valence-electron chi connectivity index (χ0n) is 11.0. The van der Waals surface area contributed by atoms with Gasteiger partial charge in [0.05, 0.1) is 11.3 Å². The molecule has 5 heteroatoms. The third-order valence-electron chi connectivity index (χ3n) is 2.56. The molecule has 0 radical (unpaired) electrons. The average molecular weight is 253 g/mol. The molecule has 0 aliphatic carbocycles. The fraction of sp³-hybridized carbons (Fsp3) is 0.286. The molecule has 2 aromatic heterocycles. The first-order valence-electron chi connectivity index (χ1n) is 6.18. The molecule has 2 heterocycles. The molecule has 2 aromatic rings. The van der Waals surface area contributed by atoms with Crippen molar-refractivity contribution in [2.75, 3.05) is 11.9 Å². The first kappa shape index (κ1) is 13.0. The van der Waals surface area contributed by atoms with Gasteiger partial charge in [0.25, 0.3) is 0 Å². The van der Waals surface area contributed by atoms with E-state index in [2.05, 4.69) is 33.3 Å². The number of anilines is 1. The van der Waals surface area contributed by atoms with Gasteiger partial charge in [-0.1, -0.05) is 6.92 Å². The lowest BCUT2D eigenvalue weighted by atomic mass is 10.1. The Balaban J connectivity index is 2.38. The van der Waals surface area contributed by atoms with Crippen LogP contribution in [0.25, 0.3) is 11.3 Å². The summed E-state index contributed by atoms with van der Waals surface area (Å²) < 4.78 is 0. The van der Waals surface area contributed by atoms with E-state index < -0.39 is 0 Å². The summed E-state index contributed by atoms with van der Waals surface area (Å²) in [5, 5.41) is 12.1. The Morgan fingerprint density at radius 3 is 2.84 bits per heavy atom. The number of nitrogens with zero attached hydrogens (tertiary/aromatic N) is 4. The van der Waals surface area contributed by atoms with E-state index in [4.69, 9.17) is 5.26 Å². The molecule has 0 spiro atoms. The number of hydrogen-bond acceptors (Lipinski definition) is 5. The van der Waals surface area contributed by atoms with Gasteiger partial charge in [-0.25, -0.2) is 9.97 Å². The zero-order chi connectivity index (χ0) is 13.7. The zero-order valence-corrected chi connectivity index (χ0v) is 11.0. The first-order valence-corrected chi connectivity index (χ1v) is 6.18. The van der Waals surface area contributed by atoms with E-state index in [1.54, 1.807) is 12.3 Å². The maximum absolute atomic E-state index is 8.90. The van der Waals surface area contributed by atoms with Crippen LogP contribution < -0.4 is 5.32 Å². The lowest BCUT2D eigenvalue weighted by molar-refractivity contribution is 0.955. The molecular formula is C14H15N5. The van der Waals surface area contributed by atoms with Crippen LogP contribution in [0.3, 0.4) is 0 Å². The molecule has 2 rings (SSSR count). The van der Waals surface area contributed by atoms with Gasteiger partial charge in [0.15, 0.2) is 0 Å². The van der Waals surface area contributed by atoms with Crippen molar-refractivity contribution in [1.29, 1.82) is 5.26 Å². The summed E-state index contributed by atoms with van der Waals surface area (Å²) in [6.45, 7) is 4.82.